The highest BCUT2D eigenvalue weighted by molar-refractivity contribution is 6.26. The number of amides is 1. The van der Waals surface area contributed by atoms with E-state index in [-0.39, 0.29) is 24.9 Å². The van der Waals surface area contributed by atoms with E-state index in [0.29, 0.717) is 19.2 Å². The Kier molecular flexibility index (Phi) is 6.30. The lowest BCUT2D eigenvalue weighted by Crippen LogP contribution is -2.50. The van der Waals surface area contributed by atoms with Crippen molar-refractivity contribution in [3.8, 4) is 0 Å². The van der Waals surface area contributed by atoms with Crippen molar-refractivity contribution in [2.45, 2.75) is 51.4 Å². The van der Waals surface area contributed by atoms with E-state index in [2.05, 4.69) is 5.32 Å². The van der Waals surface area contributed by atoms with Gasteiger partial charge in [-0.05, 0) is 20.3 Å². The summed E-state index contributed by atoms with van der Waals surface area (Å²) in [7, 11) is 0. The summed E-state index contributed by atoms with van der Waals surface area (Å²) in [4.78, 5) is 34.8. The molecule has 0 aromatic heterocycles. The van der Waals surface area contributed by atoms with Gasteiger partial charge < -0.3 is 20.2 Å². The maximum atomic E-state index is 11.9. The number of Topliss-reactive ketones (excluding diaryl/α,β-unsaturated/α-hetero) is 1. The highest BCUT2D eigenvalue weighted by atomic mass is 16.5. The Morgan fingerprint density at radius 2 is 2.10 bits per heavy atom. The second-order valence-corrected chi connectivity index (χ2v) is 4.84. The van der Waals surface area contributed by atoms with Gasteiger partial charge in [-0.15, -0.1) is 0 Å². The molecule has 0 aliphatic carbocycles. The fourth-order valence-corrected chi connectivity index (χ4v) is 1.63. The van der Waals surface area contributed by atoms with Crippen molar-refractivity contribution in [3.05, 3.63) is 0 Å². The molecule has 0 unspecified atom stereocenters. The predicted molar refractivity (Wildman–Crippen MR) is 70.5 cm³/mol. The van der Waals surface area contributed by atoms with Crippen LogP contribution in [-0.2, 0) is 23.9 Å². The van der Waals surface area contributed by atoms with Crippen molar-refractivity contribution in [1.29, 1.82) is 5.41 Å². The van der Waals surface area contributed by atoms with Crippen LogP contribution in [0.25, 0.3) is 0 Å². The molecule has 1 fully saturated rings. The predicted octanol–water partition coefficient (Wildman–Crippen LogP) is 0.211. The average Bonchev–Trinajstić information content (AvgIpc) is 2.30. The van der Waals surface area contributed by atoms with Crippen LogP contribution in [-0.4, -0.2) is 48.7 Å². The Hall–Kier alpha value is -1.76. The van der Waals surface area contributed by atoms with E-state index in [0.717, 1.165) is 0 Å². The van der Waals surface area contributed by atoms with Crippen LogP contribution >= 0.6 is 0 Å². The normalized spacial score (nSPS) is 18.9. The molecule has 1 heterocycles. The average molecular weight is 284 g/mol. The van der Waals surface area contributed by atoms with Crippen molar-refractivity contribution in [3.63, 3.8) is 0 Å². The molecule has 0 aromatic rings. The number of carbonyl (C=O) groups excluding carboxylic acids is 3. The van der Waals surface area contributed by atoms with E-state index in [4.69, 9.17) is 14.9 Å². The van der Waals surface area contributed by atoms with Crippen LogP contribution < -0.4 is 5.32 Å². The molecular weight excluding hydrogens is 264 g/mol. The molecule has 1 rings (SSSR count). The van der Waals surface area contributed by atoms with Crippen LogP contribution in [0.1, 0.15) is 33.1 Å². The first kappa shape index (κ1) is 16.3. The highest BCUT2D eigenvalue weighted by Crippen LogP contribution is 2.12. The van der Waals surface area contributed by atoms with E-state index < -0.39 is 23.9 Å². The lowest BCUT2D eigenvalue weighted by molar-refractivity contribution is -0.156. The summed E-state index contributed by atoms with van der Waals surface area (Å²) < 4.78 is 10.1. The first-order chi connectivity index (χ1) is 9.43. The smallest absolute Gasteiger partial charge is 0.328 e. The Morgan fingerprint density at radius 1 is 1.45 bits per heavy atom. The van der Waals surface area contributed by atoms with Gasteiger partial charge in [0.25, 0.3) is 0 Å². The number of hydrogen-bond donors (Lipinski definition) is 2. The van der Waals surface area contributed by atoms with Gasteiger partial charge >= 0.3 is 5.97 Å². The largest absolute Gasteiger partial charge is 0.461 e. The lowest BCUT2D eigenvalue weighted by Gasteiger charge is -2.27. The van der Waals surface area contributed by atoms with E-state index in [9.17, 15) is 14.4 Å². The Balaban J connectivity index is 2.56. The maximum Gasteiger partial charge on any atom is 0.328 e. The van der Waals surface area contributed by atoms with E-state index in [1.165, 1.54) is 0 Å². The molecule has 0 spiro atoms. The zero-order valence-electron chi connectivity index (χ0n) is 11.7. The van der Waals surface area contributed by atoms with Crippen molar-refractivity contribution >= 4 is 23.9 Å². The van der Waals surface area contributed by atoms with Crippen LogP contribution in [0.2, 0.25) is 0 Å². The molecule has 2 atom stereocenters. The minimum atomic E-state index is -0.891. The van der Waals surface area contributed by atoms with Gasteiger partial charge in [0.2, 0.25) is 5.91 Å². The molecule has 112 valence electrons. The number of esters is 1. The van der Waals surface area contributed by atoms with E-state index in [1.54, 1.807) is 13.8 Å². The fraction of sp³-hybridized carbons (Fsp3) is 0.692. The van der Waals surface area contributed by atoms with Crippen LogP contribution in [0.4, 0.5) is 0 Å². The molecule has 1 amide bonds. The number of hydrogen-bond acceptors (Lipinski definition) is 6. The zero-order valence-corrected chi connectivity index (χ0v) is 11.7. The standard InChI is InChI=1S/C13H20N2O5/c1-8(2)20-13(18)10(4-3-9(16)7-14)15-12(17)11-5-6-19-11/h7-8,10-11,14H,3-6H2,1-2H3,(H,15,17)/t10-,11+/m0/s1. The van der Waals surface area contributed by atoms with Crippen molar-refractivity contribution in [2.75, 3.05) is 6.61 Å². The summed E-state index contributed by atoms with van der Waals surface area (Å²) in [6.45, 7) is 3.94. The summed E-state index contributed by atoms with van der Waals surface area (Å²) in [5, 5.41) is 9.36. The molecule has 0 aromatic carbocycles. The second kappa shape index (κ2) is 7.74. The summed E-state index contributed by atoms with van der Waals surface area (Å²) in [6.07, 6.45) is 0.604. The molecule has 0 saturated carbocycles. The minimum Gasteiger partial charge on any atom is -0.461 e. The summed E-state index contributed by atoms with van der Waals surface area (Å²) in [5.41, 5.74) is 0. The number of ketones is 1. The number of ether oxygens (including phenoxy) is 2. The first-order valence-electron chi connectivity index (χ1n) is 6.59. The third kappa shape index (κ3) is 5.08. The molecule has 20 heavy (non-hydrogen) atoms. The van der Waals surface area contributed by atoms with Crippen molar-refractivity contribution < 1.29 is 23.9 Å². The summed E-state index contributed by atoms with van der Waals surface area (Å²) in [6, 6.07) is -0.891. The molecule has 2 N–H and O–H groups in total. The molecule has 7 heteroatoms. The SMILES string of the molecule is CC(C)OC(=O)[C@H](CCC(=O)C=N)NC(=O)[C@H]1CCO1. The van der Waals surface area contributed by atoms with Crippen LogP contribution in [0.5, 0.6) is 0 Å². The van der Waals surface area contributed by atoms with Gasteiger partial charge in [-0.3, -0.25) is 9.59 Å². The van der Waals surface area contributed by atoms with E-state index >= 15 is 0 Å². The number of carbonyl (C=O) groups is 3. The van der Waals surface area contributed by atoms with Crippen molar-refractivity contribution in [2.24, 2.45) is 0 Å². The van der Waals surface area contributed by atoms with Crippen LogP contribution in [0, 0.1) is 5.41 Å². The quantitative estimate of drug-likeness (QED) is 0.489. The van der Waals surface area contributed by atoms with Gasteiger partial charge in [-0.25, -0.2) is 4.79 Å². The number of rotatable bonds is 8. The Bertz CT molecular complexity index is 390. The molecule has 0 bridgehead atoms. The first-order valence-corrected chi connectivity index (χ1v) is 6.59. The fourth-order valence-electron chi connectivity index (χ4n) is 1.63. The third-order valence-corrected chi connectivity index (χ3v) is 2.78. The zero-order chi connectivity index (χ0) is 15.1. The van der Waals surface area contributed by atoms with Gasteiger partial charge in [0, 0.05) is 12.8 Å². The van der Waals surface area contributed by atoms with Crippen LogP contribution in [0.3, 0.4) is 0 Å². The minimum absolute atomic E-state index is 0.00711. The topological polar surface area (TPSA) is 106 Å². The molecule has 1 aliphatic heterocycles. The molecule has 1 saturated heterocycles. The molecule has 0 radical (unpaired) electrons. The van der Waals surface area contributed by atoms with Crippen LogP contribution in [0.15, 0.2) is 0 Å². The lowest BCUT2D eigenvalue weighted by atomic mass is 10.1. The summed E-state index contributed by atoms with van der Waals surface area (Å²) >= 11 is 0. The molecule has 1 aliphatic rings. The Morgan fingerprint density at radius 3 is 2.55 bits per heavy atom. The monoisotopic (exact) mass is 284 g/mol. The van der Waals surface area contributed by atoms with E-state index in [1.807, 2.05) is 0 Å². The third-order valence-electron chi connectivity index (χ3n) is 2.78. The van der Waals surface area contributed by atoms with Gasteiger partial charge in [0.05, 0.1) is 18.9 Å². The van der Waals surface area contributed by atoms with Gasteiger partial charge in [0.15, 0.2) is 5.78 Å². The van der Waals surface area contributed by atoms with Crippen molar-refractivity contribution in [1.82, 2.24) is 5.32 Å². The molecule has 7 nitrogen and oxygen atoms in total. The summed E-state index contributed by atoms with van der Waals surface area (Å²) in [5.74, 6) is -1.35. The number of nitrogens with one attached hydrogen (secondary N) is 2. The second-order valence-electron chi connectivity index (χ2n) is 4.84. The van der Waals surface area contributed by atoms with Gasteiger partial charge in [-0.1, -0.05) is 0 Å². The van der Waals surface area contributed by atoms with Gasteiger partial charge in [-0.2, -0.15) is 0 Å². The Labute approximate surface area is 117 Å². The highest BCUT2D eigenvalue weighted by Gasteiger charge is 2.31. The molecular formula is C13H20N2O5. The maximum absolute atomic E-state index is 11.9. The van der Waals surface area contributed by atoms with Gasteiger partial charge in [0.1, 0.15) is 12.1 Å².